The molecule has 1 aromatic carbocycles. The molecular formula is C15H17NO3S. The van der Waals surface area contributed by atoms with Crippen molar-refractivity contribution in [1.29, 1.82) is 0 Å². The summed E-state index contributed by atoms with van der Waals surface area (Å²) >= 11 is 1.67. The van der Waals surface area contributed by atoms with Gasteiger partial charge in [-0.15, -0.1) is 0 Å². The lowest BCUT2D eigenvalue weighted by molar-refractivity contribution is -0.147. The van der Waals surface area contributed by atoms with Gasteiger partial charge in [0.05, 0.1) is 12.1 Å². The van der Waals surface area contributed by atoms with Gasteiger partial charge in [0.1, 0.15) is 17.1 Å². The normalized spacial score (nSPS) is 28.6. The summed E-state index contributed by atoms with van der Waals surface area (Å²) in [6.07, 6.45) is 1.87. The van der Waals surface area contributed by atoms with Crippen molar-refractivity contribution in [2.24, 2.45) is 4.99 Å². The van der Waals surface area contributed by atoms with Gasteiger partial charge in [0.2, 0.25) is 0 Å². The van der Waals surface area contributed by atoms with E-state index in [1.54, 1.807) is 11.8 Å². The first kappa shape index (κ1) is 13.6. The monoisotopic (exact) mass is 291 g/mol. The standard InChI is InChI=1S/C15H17NO3S/c1-10(17)18-9-12-7-8-13-15(19-12)20-14(16-13)11-5-3-2-4-6-11/h2-6,12-13,15H,7-9H2,1H3/t12-,13-,15-/m1/s1. The summed E-state index contributed by atoms with van der Waals surface area (Å²) in [6.45, 7) is 1.77. The van der Waals surface area contributed by atoms with Gasteiger partial charge in [-0.3, -0.25) is 9.79 Å². The molecule has 3 rings (SSSR count). The second kappa shape index (κ2) is 5.97. The molecule has 2 heterocycles. The van der Waals surface area contributed by atoms with Gasteiger partial charge >= 0.3 is 5.97 Å². The molecule has 3 atom stereocenters. The van der Waals surface area contributed by atoms with Crippen LogP contribution in [0.2, 0.25) is 0 Å². The summed E-state index contributed by atoms with van der Waals surface area (Å²) in [6, 6.07) is 10.4. The number of benzene rings is 1. The lowest BCUT2D eigenvalue weighted by Crippen LogP contribution is -2.36. The predicted octanol–water partition coefficient (Wildman–Crippen LogP) is 2.62. The van der Waals surface area contributed by atoms with Crippen molar-refractivity contribution in [3.63, 3.8) is 0 Å². The van der Waals surface area contributed by atoms with E-state index in [2.05, 4.69) is 12.1 Å². The number of thioether (sulfide) groups is 1. The molecular weight excluding hydrogens is 274 g/mol. The van der Waals surface area contributed by atoms with Gasteiger partial charge in [-0.2, -0.15) is 0 Å². The molecule has 1 fully saturated rings. The Morgan fingerprint density at radius 3 is 2.95 bits per heavy atom. The summed E-state index contributed by atoms with van der Waals surface area (Å²) < 4.78 is 11.0. The fraction of sp³-hybridized carbons (Fsp3) is 0.467. The number of ether oxygens (including phenoxy) is 2. The van der Waals surface area contributed by atoms with E-state index in [4.69, 9.17) is 14.5 Å². The molecule has 2 aliphatic rings. The highest BCUT2D eigenvalue weighted by Crippen LogP contribution is 2.37. The minimum atomic E-state index is -0.254. The molecule has 0 amide bonds. The summed E-state index contributed by atoms with van der Waals surface area (Å²) in [5.74, 6) is -0.254. The van der Waals surface area contributed by atoms with Crippen LogP contribution in [0.3, 0.4) is 0 Å². The molecule has 20 heavy (non-hydrogen) atoms. The zero-order chi connectivity index (χ0) is 13.9. The first-order valence-electron chi connectivity index (χ1n) is 6.81. The van der Waals surface area contributed by atoms with Crippen LogP contribution in [0.25, 0.3) is 0 Å². The third-order valence-corrected chi connectivity index (χ3v) is 4.65. The second-order valence-corrected chi connectivity index (χ2v) is 6.08. The maximum Gasteiger partial charge on any atom is 0.302 e. The fourth-order valence-corrected chi connectivity index (χ4v) is 3.68. The Hall–Kier alpha value is -1.33. The number of fused-ring (bicyclic) bond motifs is 1. The Morgan fingerprint density at radius 1 is 1.40 bits per heavy atom. The van der Waals surface area contributed by atoms with Crippen molar-refractivity contribution in [2.45, 2.75) is 37.3 Å². The summed E-state index contributed by atoms with van der Waals surface area (Å²) in [5, 5.41) is 1.05. The molecule has 4 nitrogen and oxygen atoms in total. The van der Waals surface area contributed by atoms with Crippen LogP contribution in [0.15, 0.2) is 35.3 Å². The summed E-state index contributed by atoms with van der Waals surface area (Å²) in [4.78, 5) is 15.6. The highest BCUT2D eigenvalue weighted by Gasteiger charge is 2.37. The molecule has 0 N–H and O–H groups in total. The Morgan fingerprint density at radius 2 is 2.20 bits per heavy atom. The van der Waals surface area contributed by atoms with Crippen molar-refractivity contribution < 1.29 is 14.3 Å². The van der Waals surface area contributed by atoms with E-state index in [9.17, 15) is 4.79 Å². The number of carbonyl (C=O) groups excluding carboxylic acids is 1. The van der Waals surface area contributed by atoms with E-state index in [-0.39, 0.29) is 23.6 Å². The molecule has 1 aromatic rings. The minimum Gasteiger partial charge on any atom is -0.463 e. The van der Waals surface area contributed by atoms with E-state index in [0.717, 1.165) is 23.4 Å². The van der Waals surface area contributed by atoms with Crippen molar-refractivity contribution in [3.8, 4) is 0 Å². The van der Waals surface area contributed by atoms with Crippen LogP contribution in [-0.4, -0.2) is 35.2 Å². The molecule has 0 saturated carbocycles. The fourth-order valence-electron chi connectivity index (χ4n) is 2.42. The van der Waals surface area contributed by atoms with Crippen LogP contribution in [0.4, 0.5) is 0 Å². The number of esters is 1. The topological polar surface area (TPSA) is 47.9 Å². The molecule has 0 aromatic heterocycles. The third kappa shape index (κ3) is 3.04. The van der Waals surface area contributed by atoms with E-state index >= 15 is 0 Å². The first-order valence-corrected chi connectivity index (χ1v) is 7.69. The molecule has 0 spiro atoms. The van der Waals surface area contributed by atoms with Gasteiger partial charge in [0.15, 0.2) is 0 Å². The lowest BCUT2D eigenvalue weighted by atomic mass is 10.1. The molecule has 106 valence electrons. The third-order valence-electron chi connectivity index (χ3n) is 3.43. The number of carbonyl (C=O) groups is 1. The maximum absolute atomic E-state index is 10.8. The highest BCUT2D eigenvalue weighted by atomic mass is 32.2. The SMILES string of the molecule is CC(=O)OC[C@H]1CC[C@H]2N=C(c3ccccc3)S[C@H]2O1. The number of rotatable bonds is 3. The van der Waals surface area contributed by atoms with E-state index in [0.29, 0.717) is 6.61 Å². The molecule has 0 aliphatic carbocycles. The number of hydrogen-bond acceptors (Lipinski definition) is 5. The minimum absolute atomic E-state index is 0.00188. The van der Waals surface area contributed by atoms with Crippen LogP contribution in [0.1, 0.15) is 25.3 Å². The van der Waals surface area contributed by atoms with Gasteiger partial charge in [-0.05, 0) is 12.8 Å². The van der Waals surface area contributed by atoms with Crippen LogP contribution in [0, 0.1) is 0 Å². The van der Waals surface area contributed by atoms with Gasteiger partial charge in [0, 0.05) is 12.5 Å². The second-order valence-electron chi connectivity index (χ2n) is 4.99. The van der Waals surface area contributed by atoms with Crippen LogP contribution in [-0.2, 0) is 14.3 Å². The van der Waals surface area contributed by atoms with Gasteiger partial charge < -0.3 is 9.47 Å². The van der Waals surface area contributed by atoms with Gasteiger partial charge in [-0.1, -0.05) is 42.1 Å². The van der Waals surface area contributed by atoms with Gasteiger partial charge in [-0.25, -0.2) is 0 Å². The summed E-state index contributed by atoms with van der Waals surface area (Å²) in [5.41, 5.74) is 1.20. The highest BCUT2D eigenvalue weighted by molar-refractivity contribution is 8.15. The zero-order valence-corrected chi connectivity index (χ0v) is 12.1. The van der Waals surface area contributed by atoms with E-state index < -0.39 is 0 Å². The van der Waals surface area contributed by atoms with E-state index in [1.807, 2.05) is 18.2 Å². The molecule has 0 unspecified atom stereocenters. The van der Waals surface area contributed by atoms with Crippen LogP contribution >= 0.6 is 11.8 Å². The molecule has 5 heteroatoms. The van der Waals surface area contributed by atoms with Crippen molar-refractivity contribution in [1.82, 2.24) is 0 Å². The summed E-state index contributed by atoms with van der Waals surface area (Å²) in [7, 11) is 0. The maximum atomic E-state index is 10.8. The Kier molecular flexibility index (Phi) is 4.08. The average molecular weight is 291 g/mol. The van der Waals surface area contributed by atoms with Crippen LogP contribution < -0.4 is 0 Å². The zero-order valence-electron chi connectivity index (χ0n) is 11.3. The van der Waals surface area contributed by atoms with E-state index in [1.165, 1.54) is 6.92 Å². The Balaban J connectivity index is 1.61. The van der Waals surface area contributed by atoms with Crippen molar-refractivity contribution in [3.05, 3.63) is 35.9 Å². The van der Waals surface area contributed by atoms with Crippen molar-refractivity contribution in [2.75, 3.05) is 6.61 Å². The Bertz CT molecular complexity index is 517. The Labute approximate surface area is 122 Å². The first-order chi connectivity index (χ1) is 9.72. The van der Waals surface area contributed by atoms with Crippen molar-refractivity contribution >= 4 is 22.8 Å². The average Bonchev–Trinajstić information content (AvgIpc) is 2.89. The largest absolute Gasteiger partial charge is 0.463 e. The number of aliphatic imine (C=N–C) groups is 1. The lowest BCUT2D eigenvalue weighted by Gasteiger charge is -2.30. The smallest absolute Gasteiger partial charge is 0.302 e. The molecule has 0 radical (unpaired) electrons. The predicted molar refractivity (Wildman–Crippen MR) is 78.9 cm³/mol. The van der Waals surface area contributed by atoms with Crippen LogP contribution in [0.5, 0.6) is 0 Å². The number of nitrogens with zero attached hydrogens (tertiary/aromatic N) is 1. The number of hydrogen-bond donors (Lipinski definition) is 0. The molecule has 0 bridgehead atoms. The quantitative estimate of drug-likeness (QED) is 0.803. The molecule has 2 aliphatic heterocycles. The van der Waals surface area contributed by atoms with Gasteiger partial charge in [0.25, 0.3) is 0 Å². The molecule has 1 saturated heterocycles.